The third kappa shape index (κ3) is 6.93. The normalized spacial score (nSPS) is 24.6. The van der Waals surface area contributed by atoms with Crippen molar-refractivity contribution in [3.8, 4) is 0 Å². The molecular weight excluding hydrogens is 627 g/mol. The number of carboxylic acids is 1. The number of fused-ring (bicyclic) bond motifs is 1. The molecule has 3 heterocycles. The maximum atomic E-state index is 13.8. The second-order valence-corrected chi connectivity index (χ2v) is 14.8. The lowest BCUT2D eigenvalue weighted by molar-refractivity contribution is -0.144. The molecule has 2 saturated heterocycles. The van der Waals surface area contributed by atoms with E-state index in [1.54, 1.807) is 18.3 Å². The number of ether oxygens (including phenoxy) is 1. The number of hydrogen-bond donors (Lipinski definition) is 2. The number of rotatable bonds is 9. The minimum atomic E-state index is -0.731. The summed E-state index contributed by atoms with van der Waals surface area (Å²) in [6.07, 6.45) is 5.40. The number of carbonyl (C=O) groups is 3. The molecule has 2 amide bonds. The first-order valence-electron chi connectivity index (χ1n) is 16.1. The molecule has 2 aliphatic heterocycles. The highest BCUT2D eigenvalue weighted by molar-refractivity contribution is 6.36. The van der Waals surface area contributed by atoms with Crippen LogP contribution in [0.25, 0.3) is 10.9 Å². The van der Waals surface area contributed by atoms with Gasteiger partial charge in [-0.3, -0.25) is 19.3 Å². The standard InChI is InChI=1S/C35H42Cl2N4O5/c1-35(2)19-40(20-35)23-14-24(18-46-25-10-8-21(9-11-25)34(44)45)41(16-23)32(42)13-22-12-29(37)30(15-28(22)36)38-33(43)27-17-39(3)31-7-5-4-6-26(27)31/h4-7,12,15,17,21,23-25H,8-11,13-14,16,18-20H2,1-3H3,(H,38,43)(H,44,45)/t21-,23-,24-,25-/m0/s1. The van der Waals surface area contributed by atoms with E-state index >= 15 is 0 Å². The summed E-state index contributed by atoms with van der Waals surface area (Å²) in [7, 11) is 1.89. The number of carboxylic acid groups (broad SMARTS) is 1. The summed E-state index contributed by atoms with van der Waals surface area (Å²) in [5.74, 6) is -1.37. The van der Waals surface area contributed by atoms with E-state index in [0.717, 1.165) is 43.3 Å². The molecule has 11 heteroatoms. The van der Waals surface area contributed by atoms with Crippen LogP contribution in [0, 0.1) is 11.3 Å². The van der Waals surface area contributed by atoms with Gasteiger partial charge in [-0.25, -0.2) is 0 Å². The third-order valence-corrected chi connectivity index (χ3v) is 10.6. The Kier molecular flexibility index (Phi) is 9.40. The number of hydrogen-bond acceptors (Lipinski definition) is 5. The molecule has 0 bridgehead atoms. The smallest absolute Gasteiger partial charge is 0.306 e. The summed E-state index contributed by atoms with van der Waals surface area (Å²) in [6.45, 7) is 7.57. The molecule has 0 spiro atoms. The van der Waals surface area contributed by atoms with Gasteiger partial charge in [0.2, 0.25) is 5.91 Å². The lowest BCUT2D eigenvalue weighted by Gasteiger charge is -2.49. The van der Waals surface area contributed by atoms with Crippen LogP contribution in [0.2, 0.25) is 10.0 Å². The maximum Gasteiger partial charge on any atom is 0.306 e. The van der Waals surface area contributed by atoms with Crippen molar-refractivity contribution in [2.75, 3.05) is 31.6 Å². The van der Waals surface area contributed by atoms with Gasteiger partial charge >= 0.3 is 5.97 Å². The average molecular weight is 670 g/mol. The number of aryl methyl sites for hydroxylation is 1. The van der Waals surface area contributed by atoms with Crippen LogP contribution in [0.1, 0.15) is 61.9 Å². The largest absolute Gasteiger partial charge is 0.481 e. The molecule has 6 rings (SSSR count). The van der Waals surface area contributed by atoms with Gasteiger partial charge in [-0.05, 0) is 61.3 Å². The van der Waals surface area contributed by atoms with Crippen molar-refractivity contribution >= 4 is 57.6 Å². The van der Waals surface area contributed by atoms with Gasteiger partial charge in [0.15, 0.2) is 0 Å². The van der Waals surface area contributed by atoms with Crippen molar-refractivity contribution in [1.29, 1.82) is 0 Å². The fourth-order valence-electron chi connectivity index (χ4n) is 7.45. The Hall–Kier alpha value is -3.11. The fraction of sp³-hybridized carbons (Fsp3) is 0.514. The first-order chi connectivity index (χ1) is 21.9. The molecule has 46 heavy (non-hydrogen) atoms. The lowest BCUT2D eigenvalue weighted by atomic mass is 9.83. The summed E-state index contributed by atoms with van der Waals surface area (Å²) in [4.78, 5) is 42.8. The van der Waals surface area contributed by atoms with Crippen molar-refractivity contribution in [3.05, 3.63) is 63.8 Å². The topological polar surface area (TPSA) is 104 Å². The molecule has 2 aromatic carbocycles. The highest BCUT2D eigenvalue weighted by Gasteiger charge is 2.45. The number of carbonyl (C=O) groups excluding carboxylic acids is 2. The molecule has 2 N–H and O–H groups in total. The number of aliphatic carboxylic acids is 1. The maximum absolute atomic E-state index is 13.8. The van der Waals surface area contributed by atoms with Crippen LogP contribution >= 0.6 is 23.2 Å². The number of nitrogens with zero attached hydrogens (tertiary/aromatic N) is 3. The second-order valence-electron chi connectivity index (χ2n) is 14.0. The van der Waals surface area contributed by atoms with Crippen LogP contribution in [0.5, 0.6) is 0 Å². The fourth-order valence-corrected chi connectivity index (χ4v) is 7.92. The second kappa shape index (κ2) is 13.2. The molecule has 246 valence electrons. The van der Waals surface area contributed by atoms with Gasteiger partial charge in [0.05, 0.1) is 47.4 Å². The number of halogens is 2. The number of para-hydroxylation sites is 1. The predicted molar refractivity (Wildman–Crippen MR) is 180 cm³/mol. The van der Waals surface area contributed by atoms with Crippen LogP contribution in [-0.4, -0.2) is 81.7 Å². The average Bonchev–Trinajstić information content (AvgIpc) is 3.59. The van der Waals surface area contributed by atoms with Gasteiger partial charge in [-0.2, -0.15) is 0 Å². The molecule has 3 aromatic rings. The molecule has 1 aliphatic carbocycles. The molecule has 1 saturated carbocycles. The monoisotopic (exact) mass is 668 g/mol. The molecule has 0 radical (unpaired) electrons. The van der Waals surface area contributed by atoms with Crippen LogP contribution in [0.15, 0.2) is 42.6 Å². The quantitative estimate of drug-likeness (QED) is 0.279. The van der Waals surface area contributed by atoms with Crippen LogP contribution in [0.3, 0.4) is 0 Å². The van der Waals surface area contributed by atoms with E-state index in [4.69, 9.17) is 27.9 Å². The minimum absolute atomic E-state index is 0.0134. The van der Waals surface area contributed by atoms with Gasteiger partial charge in [-0.1, -0.05) is 55.2 Å². The Bertz CT molecular complexity index is 1640. The lowest BCUT2D eigenvalue weighted by Crippen LogP contribution is -2.57. The minimum Gasteiger partial charge on any atom is -0.481 e. The van der Waals surface area contributed by atoms with Crippen molar-refractivity contribution in [1.82, 2.24) is 14.4 Å². The van der Waals surface area contributed by atoms with E-state index in [2.05, 4.69) is 24.1 Å². The molecule has 9 nitrogen and oxygen atoms in total. The molecule has 3 fully saturated rings. The third-order valence-electron chi connectivity index (χ3n) is 9.91. The van der Waals surface area contributed by atoms with Gasteiger partial charge in [0, 0.05) is 54.8 Å². The Morgan fingerprint density at radius 3 is 2.46 bits per heavy atom. The first-order valence-corrected chi connectivity index (χ1v) is 16.9. The van der Waals surface area contributed by atoms with Crippen LogP contribution < -0.4 is 5.32 Å². The van der Waals surface area contributed by atoms with Gasteiger partial charge < -0.3 is 24.6 Å². The first kappa shape index (κ1) is 32.8. The van der Waals surface area contributed by atoms with Crippen molar-refractivity contribution < 1.29 is 24.2 Å². The molecular formula is C35H42Cl2N4O5. The van der Waals surface area contributed by atoms with E-state index in [9.17, 15) is 19.5 Å². The van der Waals surface area contributed by atoms with Crippen molar-refractivity contribution in [2.24, 2.45) is 18.4 Å². The number of amides is 2. The molecule has 0 unspecified atom stereocenters. The van der Waals surface area contributed by atoms with Gasteiger partial charge in [-0.15, -0.1) is 0 Å². The summed E-state index contributed by atoms with van der Waals surface area (Å²) in [5.41, 5.74) is 2.73. The number of benzene rings is 2. The van der Waals surface area contributed by atoms with E-state index in [1.807, 2.05) is 40.8 Å². The van der Waals surface area contributed by atoms with Gasteiger partial charge in [0.1, 0.15) is 0 Å². The van der Waals surface area contributed by atoms with E-state index in [-0.39, 0.29) is 47.8 Å². The van der Waals surface area contributed by atoms with Gasteiger partial charge in [0.25, 0.3) is 5.91 Å². The van der Waals surface area contributed by atoms with E-state index < -0.39 is 5.97 Å². The Balaban J connectivity index is 1.12. The van der Waals surface area contributed by atoms with Crippen molar-refractivity contribution in [3.63, 3.8) is 0 Å². The highest BCUT2D eigenvalue weighted by Crippen LogP contribution is 2.37. The summed E-state index contributed by atoms with van der Waals surface area (Å²) < 4.78 is 8.22. The van der Waals surface area contributed by atoms with E-state index in [0.29, 0.717) is 52.9 Å². The Morgan fingerprint density at radius 2 is 1.76 bits per heavy atom. The number of likely N-dealkylation sites (tertiary alicyclic amines) is 2. The Labute approximate surface area is 279 Å². The summed E-state index contributed by atoms with van der Waals surface area (Å²) in [5, 5.41) is 13.7. The number of anilines is 1. The SMILES string of the molecule is Cn1cc(C(=O)Nc2cc(Cl)c(CC(=O)N3C[C@@H](N4CC(C)(C)C4)C[C@H]3CO[C@H]3CC[C@H](C(=O)O)CC3)cc2Cl)c2ccccc21. The van der Waals surface area contributed by atoms with Crippen molar-refractivity contribution in [2.45, 2.75) is 70.6 Å². The van der Waals surface area contributed by atoms with Crippen LogP contribution in [0.4, 0.5) is 5.69 Å². The summed E-state index contributed by atoms with van der Waals surface area (Å²) >= 11 is 13.3. The number of nitrogens with one attached hydrogen (secondary N) is 1. The predicted octanol–water partition coefficient (Wildman–Crippen LogP) is 6.25. The zero-order valence-corrected chi connectivity index (χ0v) is 28.1. The van der Waals surface area contributed by atoms with Crippen LogP contribution in [-0.2, 0) is 27.8 Å². The summed E-state index contributed by atoms with van der Waals surface area (Å²) in [6, 6.07) is 11.1. The molecule has 1 aromatic heterocycles. The zero-order chi connectivity index (χ0) is 32.7. The molecule has 3 aliphatic rings. The molecule has 2 atom stereocenters. The zero-order valence-electron chi connectivity index (χ0n) is 26.6. The van der Waals surface area contributed by atoms with E-state index in [1.165, 1.54) is 0 Å². The highest BCUT2D eigenvalue weighted by atomic mass is 35.5. The number of aromatic nitrogens is 1. The Morgan fingerprint density at radius 1 is 1.04 bits per heavy atom.